The lowest BCUT2D eigenvalue weighted by Gasteiger charge is -2.03. The normalized spacial score (nSPS) is 11.0. The Morgan fingerprint density at radius 2 is 2.00 bits per heavy atom. The summed E-state index contributed by atoms with van der Waals surface area (Å²) < 4.78 is 0. The third-order valence-electron chi connectivity index (χ3n) is 3.12. The summed E-state index contributed by atoms with van der Waals surface area (Å²) in [5, 5.41) is 1.59. The van der Waals surface area contributed by atoms with E-state index in [0.29, 0.717) is 26.2 Å². The number of carbonyl (C=O) groups is 1. The van der Waals surface area contributed by atoms with Gasteiger partial charge in [0.1, 0.15) is 9.71 Å². The molecule has 0 spiro atoms. The van der Waals surface area contributed by atoms with E-state index in [0.717, 1.165) is 15.9 Å². The number of nitrogens with zero attached hydrogens (tertiary/aromatic N) is 1. The number of nitrogens with two attached hydrogens (primary N) is 1. The highest BCUT2D eigenvalue weighted by Crippen LogP contribution is 2.35. The lowest BCUT2D eigenvalue weighted by atomic mass is 10.1. The van der Waals surface area contributed by atoms with Gasteiger partial charge in [-0.3, -0.25) is 4.79 Å². The van der Waals surface area contributed by atoms with Crippen molar-refractivity contribution in [2.45, 2.75) is 6.92 Å². The summed E-state index contributed by atoms with van der Waals surface area (Å²) in [7, 11) is 0. The smallest absolute Gasteiger partial charge is 0.206 e. The van der Waals surface area contributed by atoms with Crippen LogP contribution in [-0.2, 0) is 0 Å². The van der Waals surface area contributed by atoms with Gasteiger partial charge in [-0.2, -0.15) is 0 Å². The number of rotatable bonds is 2. The Balaban J connectivity index is 2.15. The topological polar surface area (TPSA) is 56.0 Å². The van der Waals surface area contributed by atoms with Crippen molar-refractivity contribution in [3.63, 3.8) is 0 Å². The minimum absolute atomic E-state index is 0.213. The first-order valence-electron chi connectivity index (χ1n) is 6.12. The lowest BCUT2D eigenvalue weighted by molar-refractivity contribution is 0.104. The van der Waals surface area contributed by atoms with Crippen LogP contribution in [0, 0.1) is 6.92 Å². The summed E-state index contributed by atoms with van der Waals surface area (Å²) in [6.45, 7) is 1.90. The maximum absolute atomic E-state index is 12.6. The number of hydrogen-bond acceptors (Lipinski definition) is 4. The Kier molecular flexibility index (Phi) is 3.61. The summed E-state index contributed by atoms with van der Waals surface area (Å²) in [6.07, 6.45) is 0. The quantitative estimate of drug-likeness (QED) is 0.688. The van der Waals surface area contributed by atoms with Crippen molar-refractivity contribution in [1.82, 2.24) is 4.98 Å². The molecule has 3 rings (SSSR count). The van der Waals surface area contributed by atoms with Crippen molar-refractivity contribution in [3.8, 4) is 0 Å². The summed E-state index contributed by atoms with van der Waals surface area (Å²) >= 11 is 13.2. The number of benzene rings is 1. The molecule has 0 aliphatic carbocycles. The molecular weight excluding hydrogens is 327 g/mol. The van der Waals surface area contributed by atoms with Gasteiger partial charge in [-0.05, 0) is 37.3 Å². The Morgan fingerprint density at radius 1 is 1.24 bits per heavy atom. The predicted molar refractivity (Wildman–Crippen MR) is 88.7 cm³/mol. The van der Waals surface area contributed by atoms with Crippen LogP contribution in [0.2, 0.25) is 10.0 Å². The van der Waals surface area contributed by atoms with Crippen molar-refractivity contribution in [2.24, 2.45) is 0 Å². The molecule has 0 aliphatic heterocycles. The largest absolute Gasteiger partial charge is 0.397 e. The predicted octanol–water partition coefficient (Wildman–Crippen LogP) is 4.72. The van der Waals surface area contributed by atoms with Gasteiger partial charge in [0.15, 0.2) is 0 Å². The Hall–Kier alpha value is -1.62. The van der Waals surface area contributed by atoms with E-state index < -0.39 is 0 Å². The summed E-state index contributed by atoms with van der Waals surface area (Å²) in [5.41, 5.74) is 7.80. The molecular formula is C15H10Cl2N2OS. The molecule has 0 atom stereocenters. The minimum Gasteiger partial charge on any atom is -0.397 e. The van der Waals surface area contributed by atoms with Crippen LogP contribution in [0.3, 0.4) is 0 Å². The molecule has 0 bridgehead atoms. The van der Waals surface area contributed by atoms with Gasteiger partial charge in [0.25, 0.3) is 0 Å². The van der Waals surface area contributed by atoms with Gasteiger partial charge in [0, 0.05) is 21.7 Å². The number of anilines is 1. The number of aromatic nitrogens is 1. The van der Waals surface area contributed by atoms with Gasteiger partial charge in [-0.1, -0.05) is 23.2 Å². The zero-order valence-electron chi connectivity index (χ0n) is 11.0. The van der Waals surface area contributed by atoms with Crippen LogP contribution in [0.4, 0.5) is 5.69 Å². The molecule has 0 saturated carbocycles. The number of nitrogen functional groups attached to an aromatic ring is 1. The maximum Gasteiger partial charge on any atom is 0.206 e. The number of aryl methyl sites for hydroxylation is 1. The molecule has 0 unspecified atom stereocenters. The van der Waals surface area contributed by atoms with Crippen molar-refractivity contribution in [1.29, 1.82) is 0 Å². The zero-order valence-corrected chi connectivity index (χ0v) is 13.3. The first kappa shape index (κ1) is 14.3. The molecule has 106 valence electrons. The first-order chi connectivity index (χ1) is 9.97. The van der Waals surface area contributed by atoms with E-state index in [9.17, 15) is 4.79 Å². The van der Waals surface area contributed by atoms with Crippen LogP contribution in [0.5, 0.6) is 0 Å². The number of hydrogen-bond donors (Lipinski definition) is 1. The second-order valence-corrected chi connectivity index (χ2v) is 6.45. The summed E-state index contributed by atoms with van der Waals surface area (Å²) in [6, 6.07) is 8.53. The molecule has 2 aromatic heterocycles. The van der Waals surface area contributed by atoms with Crippen molar-refractivity contribution < 1.29 is 4.79 Å². The molecule has 2 heterocycles. The van der Waals surface area contributed by atoms with Gasteiger partial charge in [-0.15, -0.1) is 11.3 Å². The average molecular weight is 337 g/mol. The molecule has 0 aliphatic rings. The number of pyridine rings is 1. The van der Waals surface area contributed by atoms with E-state index >= 15 is 0 Å². The highest BCUT2D eigenvalue weighted by Gasteiger charge is 2.20. The van der Waals surface area contributed by atoms with Gasteiger partial charge in [-0.25, -0.2) is 4.98 Å². The van der Waals surface area contributed by atoms with E-state index in [-0.39, 0.29) is 5.78 Å². The number of halogens is 2. The highest BCUT2D eigenvalue weighted by molar-refractivity contribution is 7.21. The molecule has 0 fully saturated rings. The lowest BCUT2D eigenvalue weighted by Crippen LogP contribution is -2.02. The van der Waals surface area contributed by atoms with Gasteiger partial charge in [0.2, 0.25) is 5.78 Å². The maximum atomic E-state index is 12.6. The van der Waals surface area contributed by atoms with E-state index in [1.54, 1.807) is 18.2 Å². The molecule has 0 saturated heterocycles. The first-order valence-corrected chi connectivity index (χ1v) is 7.70. The third kappa shape index (κ3) is 2.50. The number of thiophene rings is 1. The van der Waals surface area contributed by atoms with Gasteiger partial charge in [0.05, 0.1) is 10.7 Å². The molecule has 3 aromatic rings. The number of ketones is 1. The zero-order chi connectivity index (χ0) is 15.1. The fourth-order valence-electron chi connectivity index (χ4n) is 2.05. The van der Waals surface area contributed by atoms with Crippen LogP contribution in [-0.4, -0.2) is 10.8 Å². The minimum atomic E-state index is -0.213. The molecule has 6 heteroatoms. The Morgan fingerprint density at radius 3 is 2.71 bits per heavy atom. The van der Waals surface area contributed by atoms with Crippen LogP contribution >= 0.6 is 34.5 Å². The number of carbonyl (C=O) groups excluding carboxylic acids is 1. The standard InChI is InChI=1S/C15H10Cl2N2OS/c1-7-2-4-10-12(18)14(21-15(10)19-7)13(20)9-5-3-8(16)6-11(9)17/h2-6H,18H2,1H3. The second-order valence-electron chi connectivity index (χ2n) is 4.60. The monoisotopic (exact) mass is 336 g/mol. The van der Waals surface area contributed by atoms with Crippen LogP contribution in [0.25, 0.3) is 10.2 Å². The van der Waals surface area contributed by atoms with Gasteiger partial charge < -0.3 is 5.73 Å². The third-order valence-corrected chi connectivity index (χ3v) is 4.78. The van der Waals surface area contributed by atoms with Crippen molar-refractivity contribution in [2.75, 3.05) is 5.73 Å². The molecule has 2 N–H and O–H groups in total. The van der Waals surface area contributed by atoms with Crippen LogP contribution in [0.15, 0.2) is 30.3 Å². The van der Waals surface area contributed by atoms with Crippen LogP contribution in [0.1, 0.15) is 20.9 Å². The molecule has 0 amide bonds. The Labute approximate surface area is 135 Å². The molecule has 0 radical (unpaired) electrons. The fraction of sp³-hybridized carbons (Fsp3) is 0.0667. The Bertz CT molecular complexity index is 873. The average Bonchev–Trinajstić information content (AvgIpc) is 2.75. The van der Waals surface area contributed by atoms with Crippen molar-refractivity contribution >= 4 is 56.2 Å². The summed E-state index contributed by atoms with van der Waals surface area (Å²) in [4.78, 5) is 18.2. The van der Waals surface area contributed by atoms with Gasteiger partial charge >= 0.3 is 0 Å². The SMILES string of the molecule is Cc1ccc2c(N)c(C(=O)c3ccc(Cl)cc3Cl)sc2n1. The van der Waals surface area contributed by atoms with E-state index in [2.05, 4.69) is 4.98 Å². The molecule has 21 heavy (non-hydrogen) atoms. The highest BCUT2D eigenvalue weighted by atomic mass is 35.5. The van der Waals surface area contributed by atoms with E-state index in [1.807, 2.05) is 19.1 Å². The second kappa shape index (κ2) is 5.30. The van der Waals surface area contributed by atoms with Crippen molar-refractivity contribution in [3.05, 3.63) is 56.5 Å². The number of fused-ring (bicyclic) bond motifs is 1. The molecule has 3 nitrogen and oxygen atoms in total. The molecule has 1 aromatic carbocycles. The van der Waals surface area contributed by atoms with Crippen LogP contribution < -0.4 is 5.73 Å². The van der Waals surface area contributed by atoms with E-state index in [1.165, 1.54) is 11.3 Å². The van der Waals surface area contributed by atoms with E-state index in [4.69, 9.17) is 28.9 Å². The summed E-state index contributed by atoms with van der Waals surface area (Å²) in [5.74, 6) is -0.213. The fourth-order valence-corrected chi connectivity index (χ4v) is 3.64.